The second-order valence-corrected chi connectivity index (χ2v) is 8.06. The van der Waals surface area contributed by atoms with Gasteiger partial charge in [-0.25, -0.2) is 23.2 Å². The zero-order chi connectivity index (χ0) is 23.4. The molecule has 11 heteroatoms. The number of halogens is 2. The van der Waals surface area contributed by atoms with Crippen molar-refractivity contribution in [3.8, 4) is 0 Å². The molecule has 34 heavy (non-hydrogen) atoms. The molecule has 2 N–H and O–H groups in total. The van der Waals surface area contributed by atoms with E-state index in [-0.39, 0.29) is 5.71 Å². The van der Waals surface area contributed by atoms with E-state index in [1.165, 1.54) is 18.0 Å². The Bertz CT molecular complexity index is 1530. The summed E-state index contributed by atoms with van der Waals surface area (Å²) in [5.74, 6) is -2.40. The molecule has 1 fully saturated rings. The number of aliphatic imine (C=N–C) groups is 1. The van der Waals surface area contributed by atoms with Gasteiger partial charge >= 0.3 is 6.03 Å². The lowest BCUT2D eigenvalue weighted by atomic mass is 9.87. The number of rotatable bonds is 3. The number of hydrogen-bond acceptors (Lipinski definition) is 5. The van der Waals surface area contributed by atoms with Crippen molar-refractivity contribution in [2.45, 2.75) is 12.2 Å². The number of benzene rings is 2. The number of hydrogen-bond donors (Lipinski definition) is 2. The highest BCUT2D eigenvalue weighted by Crippen LogP contribution is 2.39. The molecule has 0 spiro atoms. The van der Waals surface area contributed by atoms with Crippen molar-refractivity contribution in [2.75, 3.05) is 11.9 Å². The quantitative estimate of drug-likeness (QED) is 0.485. The molecule has 0 radical (unpaired) electrons. The van der Waals surface area contributed by atoms with Crippen LogP contribution in [0, 0.1) is 5.92 Å². The summed E-state index contributed by atoms with van der Waals surface area (Å²) in [4.78, 5) is 26.2. The van der Waals surface area contributed by atoms with Gasteiger partial charge in [0.1, 0.15) is 23.3 Å². The van der Waals surface area contributed by atoms with Crippen LogP contribution < -0.4 is 10.2 Å². The molecule has 1 saturated heterocycles. The first kappa shape index (κ1) is 20.2. The van der Waals surface area contributed by atoms with E-state index in [1.54, 1.807) is 35.3 Å². The maximum absolute atomic E-state index is 14.8. The number of fused-ring (bicyclic) bond motifs is 2. The van der Waals surface area contributed by atoms with E-state index in [0.29, 0.717) is 16.7 Å². The van der Waals surface area contributed by atoms with Crippen LogP contribution in [0.15, 0.2) is 77.6 Å². The van der Waals surface area contributed by atoms with Crippen LogP contribution in [0.1, 0.15) is 6.17 Å². The molecular formula is C23H18F2N8O. The highest BCUT2D eigenvalue weighted by molar-refractivity contribution is 6.06. The summed E-state index contributed by atoms with van der Waals surface area (Å²) >= 11 is 0. The van der Waals surface area contributed by atoms with Gasteiger partial charge in [0, 0.05) is 24.7 Å². The number of aromatic nitrogens is 5. The van der Waals surface area contributed by atoms with Gasteiger partial charge in [0.05, 0.1) is 34.6 Å². The molecule has 6 rings (SSSR count). The van der Waals surface area contributed by atoms with Crippen molar-refractivity contribution >= 4 is 39.5 Å². The van der Waals surface area contributed by atoms with Gasteiger partial charge in [-0.2, -0.15) is 0 Å². The minimum Gasteiger partial charge on any atom is -0.345 e. The number of carbonyl (C=O) groups is 1. The molecule has 3 heterocycles. The second kappa shape index (κ2) is 7.58. The van der Waals surface area contributed by atoms with Crippen LogP contribution in [0.4, 0.5) is 19.3 Å². The summed E-state index contributed by atoms with van der Waals surface area (Å²) < 4.78 is 30.8. The van der Waals surface area contributed by atoms with Crippen LogP contribution in [-0.4, -0.2) is 49.8 Å². The average molecular weight is 460 g/mol. The Labute approximate surface area is 191 Å². The van der Waals surface area contributed by atoms with E-state index in [4.69, 9.17) is 0 Å². The molecule has 2 aliphatic rings. The molecule has 3 unspecified atom stereocenters. The molecule has 1 aliphatic heterocycles. The van der Waals surface area contributed by atoms with E-state index in [0.717, 1.165) is 17.1 Å². The zero-order valence-corrected chi connectivity index (χ0v) is 17.9. The summed E-state index contributed by atoms with van der Waals surface area (Å²) in [6.45, 7) is 0. The fourth-order valence-electron chi connectivity index (χ4n) is 4.75. The lowest BCUT2D eigenvalue weighted by Gasteiger charge is -2.33. The number of allylic oxidation sites excluding steroid dienone is 3. The van der Waals surface area contributed by atoms with Crippen molar-refractivity contribution in [2.24, 2.45) is 10.9 Å². The Balaban J connectivity index is 1.54. The van der Waals surface area contributed by atoms with Gasteiger partial charge in [-0.15, -0.1) is 5.10 Å². The SMILES string of the molecule is CN=C1C(F)=CC(F)=CC1C1C(n2nnc3ccccc32)NC(=O)N1c1ccc2nc[nH]c2c1. The number of aromatic amines is 1. The Kier molecular flexibility index (Phi) is 4.51. The minimum atomic E-state index is -0.889. The van der Waals surface area contributed by atoms with Crippen molar-refractivity contribution < 1.29 is 13.6 Å². The van der Waals surface area contributed by atoms with E-state index in [1.807, 2.05) is 18.2 Å². The van der Waals surface area contributed by atoms with Gasteiger partial charge in [0.15, 0.2) is 0 Å². The Morgan fingerprint density at radius 2 is 1.97 bits per heavy atom. The summed E-state index contributed by atoms with van der Waals surface area (Å²) in [6, 6.07) is 11.3. The number of amides is 2. The number of carbonyl (C=O) groups excluding carboxylic acids is 1. The standard InChI is InChI=1S/C23H18F2N8O/c1-26-20-14(8-12(24)9-15(20)25)21-22(33-19-5-3-2-4-17(19)30-31-33)29-23(34)32(21)13-6-7-16-18(10-13)28-11-27-16/h2-11,14,21-22H,1H3,(H,27,28)(H,29,34). The number of nitrogens with one attached hydrogen (secondary N) is 2. The molecule has 0 saturated carbocycles. The molecule has 4 aromatic rings. The largest absolute Gasteiger partial charge is 0.345 e. The summed E-state index contributed by atoms with van der Waals surface area (Å²) in [5, 5.41) is 11.4. The van der Waals surface area contributed by atoms with Crippen LogP contribution in [0.2, 0.25) is 0 Å². The van der Waals surface area contributed by atoms with Crippen LogP contribution in [-0.2, 0) is 0 Å². The van der Waals surface area contributed by atoms with E-state index in [9.17, 15) is 13.6 Å². The van der Waals surface area contributed by atoms with E-state index >= 15 is 0 Å². The molecule has 0 bridgehead atoms. The Hall–Kier alpha value is -4.41. The van der Waals surface area contributed by atoms with Crippen LogP contribution >= 0.6 is 0 Å². The molecule has 3 atom stereocenters. The maximum Gasteiger partial charge on any atom is 0.324 e. The topological polar surface area (TPSA) is 104 Å². The third kappa shape index (κ3) is 3.00. The van der Waals surface area contributed by atoms with Crippen molar-refractivity contribution in [1.82, 2.24) is 30.3 Å². The van der Waals surface area contributed by atoms with Gasteiger partial charge in [0.2, 0.25) is 0 Å². The lowest BCUT2D eigenvalue weighted by molar-refractivity contribution is 0.248. The van der Waals surface area contributed by atoms with Gasteiger partial charge < -0.3 is 10.3 Å². The third-order valence-corrected chi connectivity index (χ3v) is 6.21. The van der Waals surface area contributed by atoms with E-state index in [2.05, 4.69) is 30.6 Å². The monoisotopic (exact) mass is 460 g/mol. The predicted molar refractivity (Wildman–Crippen MR) is 123 cm³/mol. The fourth-order valence-corrected chi connectivity index (χ4v) is 4.75. The number of imidazole rings is 1. The van der Waals surface area contributed by atoms with Gasteiger partial charge in [0.25, 0.3) is 0 Å². The summed E-state index contributed by atoms with van der Waals surface area (Å²) in [7, 11) is 1.44. The minimum absolute atomic E-state index is 0.0462. The lowest BCUT2D eigenvalue weighted by Crippen LogP contribution is -2.45. The zero-order valence-electron chi connectivity index (χ0n) is 17.9. The number of urea groups is 1. The predicted octanol–water partition coefficient (Wildman–Crippen LogP) is 3.81. The molecule has 2 aromatic heterocycles. The number of nitrogens with zero attached hydrogens (tertiary/aromatic N) is 6. The van der Waals surface area contributed by atoms with Crippen molar-refractivity contribution in [3.05, 3.63) is 72.6 Å². The van der Waals surface area contributed by atoms with Gasteiger partial charge in [-0.05, 0) is 36.4 Å². The maximum atomic E-state index is 14.8. The summed E-state index contributed by atoms with van der Waals surface area (Å²) in [5.41, 5.74) is 3.34. The molecule has 1 aliphatic carbocycles. The van der Waals surface area contributed by atoms with Crippen LogP contribution in [0.3, 0.4) is 0 Å². The normalized spacial score (nSPS) is 24.1. The van der Waals surface area contributed by atoms with Crippen molar-refractivity contribution in [1.29, 1.82) is 0 Å². The van der Waals surface area contributed by atoms with Crippen LogP contribution in [0.25, 0.3) is 22.1 Å². The highest BCUT2D eigenvalue weighted by atomic mass is 19.1. The van der Waals surface area contributed by atoms with Gasteiger partial charge in [-0.3, -0.25) is 9.89 Å². The smallest absolute Gasteiger partial charge is 0.324 e. The number of anilines is 1. The second-order valence-electron chi connectivity index (χ2n) is 8.06. The summed E-state index contributed by atoms with van der Waals surface area (Å²) in [6.07, 6.45) is 2.85. The van der Waals surface area contributed by atoms with Gasteiger partial charge in [-0.1, -0.05) is 17.3 Å². The number of H-pyrrole nitrogens is 1. The van der Waals surface area contributed by atoms with E-state index < -0.39 is 35.8 Å². The first-order valence-electron chi connectivity index (χ1n) is 10.6. The highest BCUT2D eigenvalue weighted by Gasteiger charge is 2.49. The van der Waals surface area contributed by atoms with Crippen molar-refractivity contribution in [3.63, 3.8) is 0 Å². The molecule has 2 amide bonds. The fraction of sp³-hybridized carbons (Fsp3) is 0.174. The molecule has 9 nitrogen and oxygen atoms in total. The first-order chi connectivity index (χ1) is 16.5. The first-order valence-corrected chi connectivity index (χ1v) is 10.6. The molecular weight excluding hydrogens is 442 g/mol. The van der Waals surface area contributed by atoms with Crippen LogP contribution in [0.5, 0.6) is 0 Å². The molecule has 2 aromatic carbocycles. The Morgan fingerprint density at radius 3 is 2.82 bits per heavy atom. The molecule has 170 valence electrons. The third-order valence-electron chi connectivity index (χ3n) is 6.21. The average Bonchev–Trinajstić information content (AvgIpc) is 3.54. The number of para-hydroxylation sites is 1. The Morgan fingerprint density at radius 1 is 1.12 bits per heavy atom.